The average molecular weight is 303 g/mol. The van der Waals surface area contributed by atoms with Crippen molar-refractivity contribution in [3.63, 3.8) is 0 Å². The summed E-state index contributed by atoms with van der Waals surface area (Å²) in [7, 11) is 0. The molecule has 0 radical (unpaired) electrons. The van der Waals surface area contributed by atoms with Crippen LogP contribution < -0.4 is 11.1 Å². The Kier molecular flexibility index (Phi) is 5.09. The summed E-state index contributed by atoms with van der Waals surface area (Å²) in [6.07, 6.45) is 0.677. The Bertz CT molecular complexity index is 621. The molecule has 112 valence electrons. The van der Waals surface area contributed by atoms with E-state index in [0.29, 0.717) is 12.3 Å². The Morgan fingerprint density at radius 3 is 2.81 bits per heavy atom. The number of hydrogen-bond donors (Lipinski definition) is 2. The van der Waals surface area contributed by atoms with Crippen LogP contribution in [0.25, 0.3) is 11.3 Å². The number of aryl methyl sites for hydroxylation is 1. The largest absolute Gasteiger partial charge is 0.325 e. The smallest absolute Gasteiger partial charge is 0.241 e. The predicted molar refractivity (Wildman–Crippen MR) is 88.3 cm³/mol. The number of carbonyl (C=O) groups excluding carboxylic acids is 1. The maximum Gasteiger partial charge on any atom is 0.241 e. The molecule has 2 aromatic rings. The predicted octanol–water partition coefficient (Wildman–Crippen LogP) is 3.43. The summed E-state index contributed by atoms with van der Waals surface area (Å²) in [6, 6.07) is 7.21. The maximum absolute atomic E-state index is 12.1. The molecule has 0 aliphatic carbocycles. The number of hydrogen-bond acceptors (Lipinski definition) is 4. The van der Waals surface area contributed by atoms with Gasteiger partial charge >= 0.3 is 0 Å². The molecule has 1 amide bonds. The van der Waals surface area contributed by atoms with Crippen molar-refractivity contribution in [3.05, 3.63) is 34.7 Å². The lowest BCUT2D eigenvalue weighted by Crippen LogP contribution is -2.36. The summed E-state index contributed by atoms with van der Waals surface area (Å²) < 4.78 is 0. The number of thiazole rings is 1. The van der Waals surface area contributed by atoms with Crippen molar-refractivity contribution in [2.45, 2.75) is 33.2 Å². The minimum atomic E-state index is -0.477. The fourth-order valence-corrected chi connectivity index (χ4v) is 2.72. The number of nitrogens with one attached hydrogen (secondary N) is 1. The van der Waals surface area contributed by atoms with Gasteiger partial charge in [0, 0.05) is 16.6 Å². The molecule has 2 rings (SSSR count). The van der Waals surface area contributed by atoms with Crippen molar-refractivity contribution < 1.29 is 4.79 Å². The molecular formula is C16H21N3OS. The lowest BCUT2D eigenvalue weighted by Gasteiger charge is -2.14. The second-order valence-corrected chi connectivity index (χ2v) is 6.62. The van der Waals surface area contributed by atoms with Crippen molar-refractivity contribution in [1.82, 2.24) is 4.98 Å². The van der Waals surface area contributed by atoms with Crippen LogP contribution >= 0.6 is 11.3 Å². The highest BCUT2D eigenvalue weighted by Gasteiger charge is 2.15. The van der Waals surface area contributed by atoms with E-state index in [0.717, 1.165) is 22.0 Å². The van der Waals surface area contributed by atoms with Crippen molar-refractivity contribution in [1.29, 1.82) is 0 Å². The molecule has 0 spiro atoms. The number of aromatic nitrogens is 1. The molecule has 0 unspecified atom stereocenters. The molecule has 1 aromatic carbocycles. The van der Waals surface area contributed by atoms with Gasteiger partial charge in [-0.25, -0.2) is 4.98 Å². The molecule has 1 atom stereocenters. The van der Waals surface area contributed by atoms with Gasteiger partial charge in [-0.1, -0.05) is 26.0 Å². The normalized spacial score (nSPS) is 12.4. The van der Waals surface area contributed by atoms with Gasteiger partial charge in [0.25, 0.3) is 0 Å². The standard InChI is InChI=1S/C16H21N3OS/c1-10(2)7-14(17)16(20)19-13-6-4-5-12(8-13)15-9-21-11(3)18-15/h4-6,8-10,14H,7,17H2,1-3H3,(H,19,20)/t14-/m1/s1. The van der Waals surface area contributed by atoms with Crippen LogP contribution in [-0.2, 0) is 4.79 Å². The summed E-state index contributed by atoms with van der Waals surface area (Å²) in [5.74, 6) is 0.255. The molecule has 4 nitrogen and oxygen atoms in total. The van der Waals surface area contributed by atoms with E-state index in [9.17, 15) is 4.79 Å². The van der Waals surface area contributed by atoms with E-state index in [4.69, 9.17) is 5.73 Å². The summed E-state index contributed by atoms with van der Waals surface area (Å²) >= 11 is 1.61. The van der Waals surface area contributed by atoms with Crippen molar-refractivity contribution in [2.75, 3.05) is 5.32 Å². The number of carbonyl (C=O) groups is 1. The zero-order chi connectivity index (χ0) is 15.4. The molecular weight excluding hydrogens is 282 g/mol. The van der Waals surface area contributed by atoms with Gasteiger partial charge in [0.1, 0.15) is 0 Å². The Balaban J connectivity index is 2.09. The van der Waals surface area contributed by atoms with Gasteiger partial charge in [-0.15, -0.1) is 11.3 Å². The lowest BCUT2D eigenvalue weighted by atomic mass is 10.0. The van der Waals surface area contributed by atoms with Gasteiger partial charge in [0.15, 0.2) is 0 Å². The molecule has 1 heterocycles. The third kappa shape index (κ3) is 4.37. The first kappa shape index (κ1) is 15.7. The SMILES string of the molecule is Cc1nc(-c2cccc(NC(=O)[C@H](N)CC(C)C)c2)cs1. The van der Waals surface area contributed by atoms with Crippen molar-refractivity contribution >= 4 is 22.9 Å². The van der Waals surface area contributed by atoms with E-state index < -0.39 is 6.04 Å². The van der Waals surface area contributed by atoms with Gasteiger partial charge in [-0.2, -0.15) is 0 Å². The first-order valence-electron chi connectivity index (χ1n) is 7.04. The summed E-state index contributed by atoms with van der Waals surface area (Å²) in [4.78, 5) is 16.5. The van der Waals surface area contributed by atoms with Crippen LogP contribution in [-0.4, -0.2) is 16.9 Å². The topological polar surface area (TPSA) is 68.0 Å². The zero-order valence-electron chi connectivity index (χ0n) is 12.6. The Morgan fingerprint density at radius 2 is 2.19 bits per heavy atom. The van der Waals surface area contributed by atoms with Gasteiger partial charge in [0.05, 0.1) is 16.7 Å². The zero-order valence-corrected chi connectivity index (χ0v) is 13.4. The highest BCUT2D eigenvalue weighted by Crippen LogP contribution is 2.24. The van der Waals surface area contributed by atoms with Crippen LogP contribution in [0.1, 0.15) is 25.3 Å². The monoisotopic (exact) mass is 303 g/mol. The summed E-state index contributed by atoms with van der Waals surface area (Å²) in [5.41, 5.74) is 8.57. The number of amides is 1. The molecule has 0 aliphatic rings. The number of benzene rings is 1. The fraction of sp³-hybridized carbons (Fsp3) is 0.375. The Labute approximate surface area is 129 Å². The second kappa shape index (κ2) is 6.83. The maximum atomic E-state index is 12.1. The molecule has 3 N–H and O–H groups in total. The van der Waals surface area contributed by atoms with Gasteiger partial charge in [-0.3, -0.25) is 4.79 Å². The van der Waals surface area contributed by atoms with Crippen LogP contribution in [0.3, 0.4) is 0 Å². The van der Waals surface area contributed by atoms with Gasteiger partial charge in [-0.05, 0) is 31.4 Å². The van der Waals surface area contributed by atoms with Crippen LogP contribution in [0, 0.1) is 12.8 Å². The lowest BCUT2D eigenvalue weighted by molar-refractivity contribution is -0.117. The molecule has 0 aliphatic heterocycles. The van der Waals surface area contributed by atoms with Crippen LogP contribution in [0.5, 0.6) is 0 Å². The summed E-state index contributed by atoms with van der Waals surface area (Å²) in [6.45, 7) is 6.08. The second-order valence-electron chi connectivity index (χ2n) is 5.56. The van der Waals surface area contributed by atoms with Crippen LogP contribution in [0.15, 0.2) is 29.6 Å². The quantitative estimate of drug-likeness (QED) is 0.889. The Morgan fingerprint density at radius 1 is 1.43 bits per heavy atom. The van der Waals surface area contributed by atoms with Crippen molar-refractivity contribution in [3.8, 4) is 11.3 Å². The Hall–Kier alpha value is -1.72. The van der Waals surface area contributed by atoms with Crippen LogP contribution in [0.4, 0.5) is 5.69 Å². The highest BCUT2D eigenvalue weighted by atomic mass is 32.1. The van der Waals surface area contributed by atoms with Crippen LogP contribution in [0.2, 0.25) is 0 Å². The first-order chi connectivity index (χ1) is 9.95. The molecule has 21 heavy (non-hydrogen) atoms. The van der Waals surface area contributed by atoms with E-state index in [1.807, 2.05) is 36.6 Å². The third-order valence-electron chi connectivity index (χ3n) is 3.11. The number of anilines is 1. The van der Waals surface area contributed by atoms with Gasteiger partial charge < -0.3 is 11.1 Å². The number of rotatable bonds is 5. The minimum Gasteiger partial charge on any atom is -0.325 e. The number of nitrogens with two attached hydrogens (primary N) is 1. The fourth-order valence-electron chi connectivity index (χ4n) is 2.10. The van der Waals surface area contributed by atoms with E-state index in [1.54, 1.807) is 11.3 Å². The third-order valence-corrected chi connectivity index (χ3v) is 3.88. The van der Waals surface area contributed by atoms with Gasteiger partial charge in [0.2, 0.25) is 5.91 Å². The summed E-state index contributed by atoms with van der Waals surface area (Å²) in [5, 5.41) is 5.92. The highest BCUT2D eigenvalue weighted by molar-refractivity contribution is 7.09. The van der Waals surface area contributed by atoms with E-state index >= 15 is 0 Å². The molecule has 0 saturated carbocycles. The molecule has 0 bridgehead atoms. The van der Waals surface area contributed by atoms with E-state index in [-0.39, 0.29) is 5.91 Å². The van der Waals surface area contributed by atoms with E-state index in [1.165, 1.54) is 0 Å². The first-order valence-corrected chi connectivity index (χ1v) is 7.92. The van der Waals surface area contributed by atoms with Crippen molar-refractivity contribution in [2.24, 2.45) is 11.7 Å². The molecule has 5 heteroatoms. The molecule has 0 fully saturated rings. The number of nitrogens with zero attached hydrogens (tertiary/aromatic N) is 1. The van der Waals surface area contributed by atoms with E-state index in [2.05, 4.69) is 24.1 Å². The molecule has 0 saturated heterocycles. The minimum absolute atomic E-state index is 0.143. The average Bonchev–Trinajstić information content (AvgIpc) is 2.85. The molecule has 1 aromatic heterocycles.